The molecule has 0 aliphatic heterocycles. The summed E-state index contributed by atoms with van der Waals surface area (Å²) in [6.07, 6.45) is 1.93. The molecule has 0 saturated carbocycles. The molecule has 0 amide bonds. The molecule has 0 saturated heterocycles. The monoisotopic (exact) mass is 321 g/mol. The van der Waals surface area contributed by atoms with E-state index in [1.54, 1.807) is 18.3 Å². The number of nitrogens with one attached hydrogen (secondary N) is 1. The summed E-state index contributed by atoms with van der Waals surface area (Å²) in [7, 11) is 0. The zero-order valence-corrected chi connectivity index (χ0v) is 13.8. The molecule has 0 bridgehead atoms. The highest BCUT2D eigenvalue weighted by Crippen LogP contribution is 2.16. The molecule has 1 aromatic carbocycles. The Labute approximate surface area is 138 Å². The summed E-state index contributed by atoms with van der Waals surface area (Å²) in [5.41, 5.74) is 7.50. The molecule has 2 rings (SSSR count). The van der Waals surface area contributed by atoms with Crippen molar-refractivity contribution in [2.45, 2.75) is 31.9 Å². The van der Waals surface area contributed by atoms with E-state index in [0.717, 1.165) is 12.0 Å². The lowest BCUT2D eigenvalue weighted by atomic mass is 9.94. The Kier molecular flexibility index (Phi) is 6.81. The van der Waals surface area contributed by atoms with E-state index in [4.69, 9.17) is 5.73 Å². The number of hydrogen-bond donors (Lipinski definition) is 3. The first-order valence-electron chi connectivity index (χ1n) is 7.15. The summed E-state index contributed by atoms with van der Waals surface area (Å²) in [6.45, 7) is 4.74. The molecule has 4 nitrogen and oxygen atoms in total. The van der Waals surface area contributed by atoms with E-state index in [2.05, 4.69) is 36.3 Å². The van der Waals surface area contributed by atoms with Gasteiger partial charge in [-0.15, -0.1) is 12.4 Å². The zero-order chi connectivity index (χ0) is 15.3. The van der Waals surface area contributed by atoms with E-state index >= 15 is 0 Å². The van der Waals surface area contributed by atoms with Crippen LogP contribution in [-0.4, -0.2) is 22.2 Å². The predicted octanol–water partition coefficient (Wildman–Crippen LogP) is 2.73. The molecule has 4 N–H and O–H groups in total. The zero-order valence-electron chi connectivity index (χ0n) is 13.0. The van der Waals surface area contributed by atoms with Crippen LogP contribution in [0.1, 0.15) is 31.1 Å². The number of nitrogens with zero attached hydrogens (tertiary/aromatic N) is 1. The second-order valence-corrected chi connectivity index (χ2v) is 5.96. The van der Waals surface area contributed by atoms with Crippen molar-refractivity contribution in [3.63, 3.8) is 0 Å². The molecule has 120 valence electrons. The fourth-order valence-electron chi connectivity index (χ4n) is 2.27. The maximum absolute atomic E-state index is 10.2. The second-order valence-electron chi connectivity index (χ2n) is 5.96. The molecule has 0 aliphatic carbocycles. The second kappa shape index (κ2) is 8.13. The van der Waals surface area contributed by atoms with E-state index in [1.165, 1.54) is 5.56 Å². The number of β-amino-alcohol motifs (C(OH)–C–C–N with tert-alkyl or cyclic N) is 1. The van der Waals surface area contributed by atoms with Crippen molar-refractivity contribution in [3.8, 4) is 0 Å². The Balaban J connectivity index is 0.00000242. The first kappa shape index (κ1) is 18.4. The minimum atomic E-state index is -0.590. The van der Waals surface area contributed by atoms with Gasteiger partial charge in [-0.05, 0) is 31.9 Å². The first-order valence-corrected chi connectivity index (χ1v) is 7.15. The summed E-state index contributed by atoms with van der Waals surface area (Å²) in [5.74, 6) is 0.461. The van der Waals surface area contributed by atoms with Crippen LogP contribution in [-0.2, 0) is 6.42 Å². The van der Waals surface area contributed by atoms with Crippen LogP contribution >= 0.6 is 12.4 Å². The number of aliphatic hydroxyl groups is 1. The summed E-state index contributed by atoms with van der Waals surface area (Å²) in [6, 6.07) is 13.8. The van der Waals surface area contributed by atoms with Crippen molar-refractivity contribution >= 4 is 18.2 Å². The minimum absolute atomic E-state index is 0. The van der Waals surface area contributed by atoms with Crippen LogP contribution in [0.25, 0.3) is 0 Å². The van der Waals surface area contributed by atoms with E-state index < -0.39 is 6.10 Å². The SMILES string of the molecule is CC(C)(Cc1ccccc1)NCC(O)c1ccc(N)nc1.Cl. The van der Waals surface area contributed by atoms with Gasteiger partial charge in [0, 0.05) is 23.8 Å². The van der Waals surface area contributed by atoms with E-state index in [1.807, 2.05) is 18.2 Å². The maximum Gasteiger partial charge on any atom is 0.123 e. The van der Waals surface area contributed by atoms with Gasteiger partial charge in [0.25, 0.3) is 0 Å². The van der Waals surface area contributed by atoms with Crippen LogP contribution in [0.5, 0.6) is 0 Å². The minimum Gasteiger partial charge on any atom is -0.387 e. The fraction of sp³-hybridized carbons (Fsp3) is 0.353. The van der Waals surface area contributed by atoms with Gasteiger partial charge < -0.3 is 16.2 Å². The van der Waals surface area contributed by atoms with Crippen molar-refractivity contribution < 1.29 is 5.11 Å². The number of anilines is 1. The third kappa shape index (κ3) is 5.64. The summed E-state index contributed by atoms with van der Waals surface area (Å²) in [5, 5.41) is 13.6. The van der Waals surface area contributed by atoms with Gasteiger partial charge in [0.2, 0.25) is 0 Å². The van der Waals surface area contributed by atoms with Crippen molar-refractivity contribution in [1.82, 2.24) is 10.3 Å². The van der Waals surface area contributed by atoms with Gasteiger partial charge in [-0.2, -0.15) is 0 Å². The number of benzene rings is 1. The summed E-state index contributed by atoms with van der Waals surface area (Å²) in [4.78, 5) is 4.00. The lowest BCUT2D eigenvalue weighted by Crippen LogP contribution is -2.43. The molecule has 2 aromatic rings. The van der Waals surface area contributed by atoms with Gasteiger partial charge in [0.1, 0.15) is 5.82 Å². The van der Waals surface area contributed by atoms with Crippen LogP contribution in [0.2, 0.25) is 0 Å². The number of aliphatic hydroxyl groups excluding tert-OH is 1. The molecule has 0 fully saturated rings. The molecule has 1 atom stereocenters. The van der Waals surface area contributed by atoms with Crippen LogP contribution in [0.15, 0.2) is 48.7 Å². The van der Waals surface area contributed by atoms with E-state index in [-0.39, 0.29) is 17.9 Å². The average Bonchev–Trinajstić information content (AvgIpc) is 2.46. The van der Waals surface area contributed by atoms with Gasteiger partial charge >= 0.3 is 0 Å². The van der Waals surface area contributed by atoms with Gasteiger partial charge in [-0.1, -0.05) is 36.4 Å². The quantitative estimate of drug-likeness (QED) is 0.765. The van der Waals surface area contributed by atoms with Crippen molar-refractivity contribution in [1.29, 1.82) is 0 Å². The van der Waals surface area contributed by atoms with Crippen LogP contribution in [0, 0.1) is 0 Å². The first-order chi connectivity index (χ1) is 9.96. The van der Waals surface area contributed by atoms with Gasteiger partial charge in [0.15, 0.2) is 0 Å². The molecule has 22 heavy (non-hydrogen) atoms. The standard InChI is InChI=1S/C17H23N3O.ClH/c1-17(2,10-13-6-4-3-5-7-13)20-12-15(21)14-8-9-16(18)19-11-14;/h3-9,11,15,20-21H,10,12H2,1-2H3,(H2,18,19);1H. The highest BCUT2D eigenvalue weighted by atomic mass is 35.5. The van der Waals surface area contributed by atoms with Crippen LogP contribution in [0.4, 0.5) is 5.82 Å². The molecular formula is C17H24ClN3O. The Hall–Kier alpha value is -1.62. The van der Waals surface area contributed by atoms with E-state index in [0.29, 0.717) is 12.4 Å². The topological polar surface area (TPSA) is 71.2 Å². The lowest BCUT2D eigenvalue weighted by Gasteiger charge is -2.28. The van der Waals surface area contributed by atoms with Gasteiger partial charge in [0.05, 0.1) is 6.10 Å². The van der Waals surface area contributed by atoms with Crippen molar-refractivity contribution in [2.24, 2.45) is 0 Å². The highest BCUT2D eigenvalue weighted by molar-refractivity contribution is 5.85. The fourth-order valence-corrected chi connectivity index (χ4v) is 2.27. The summed E-state index contributed by atoms with van der Waals surface area (Å²) >= 11 is 0. The molecule has 0 aliphatic rings. The number of hydrogen-bond acceptors (Lipinski definition) is 4. The molecule has 0 radical (unpaired) electrons. The number of halogens is 1. The largest absolute Gasteiger partial charge is 0.387 e. The third-order valence-electron chi connectivity index (χ3n) is 3.46. The Morgan fingerprint density at radius 2 is 1.86 bits per heavy atom. The number of pyridine rings is 1. The number of aromatic nitrogens is 1. The normalized spacial score (nSPS) is 12.5. The third-order valence-corrected chi connectivity index (χ3v) is 3.46. The van der Waals surface area contributed by atoms with Crippen LogP contribution < -0.4 is 11.1 Å². The van der Waals surface area contributed by atoms with Crippen molar-refractivity contribution in [2.75, 3.05) is 12.3 Å². The van der Waals surface area contributed by atoms with Gasteiger partial charge in [-0.3, -0.25) is 0 Å². The predicted molar refractivity (Wildman–Crippen MR) is 93.1 cm³/mol. The highest BCUT2D eigenvalue weighted by Gasteiger charge is 2.19. The molecular weight excluding hydrogens is 298 g/mol. The Morgan fingerprint density at radius 3 is 2.45 bits per heavy atom. The van der Waals surface area contributed by atoms with E-state index in [9.17, 15) is 5.11 Å². The molecule has 1 heterocycles. The smallest absolute Gasteiger partial charge is 0.123 e. The van der Waals surface area contributed by atoms with Crippen molar-refractivity contribution in [3.05, 3.63) is 59.8 Å². The van der Waals surface area contributed by atoms with Crippen LogP contribution in [0.3, 0.4) is 0 Å². The molecule has 1 unspecified atom stereocenters. The number of nitrogen functional groups attached to an aromatic ring is 1. The lowest BCUT2D eigenvalue weighted by molar-refractivity contribution is 0.160. The number of nitrogens with two attached hydrogens (primary N) is 1. The summed E-state index contributed by atoms with van der Waals surface area (Å²) < 4.78 is 0. The number of rotatable bonds is 6. The molecule has 5 heteroatoms. The molecule has 1 aromatic heterocycles. The van der Waals surface area contributed by atoms with Gasteiger partial charge in [-0.25, -0.2) is 4.98 Å². The Morgan fingerprint density at radius 1 is 1.18 bits per heavy atom. The Bertz CT molecular complexity index is 558. The molecule has 0 spiro atoms. The average molecular weight is 322 g/mol. The maximum atomic E-state index is 10.2.